The van der Waals surface area contributed by atoms with Crippen molar-refractivity contribution in [2.75, 3.05) is 0 Å². The number of hydrogen-bond donors (Lipinski definition) is 0. The lowest BCUT2D eigenvalue weighted by molar-refractivity contribution is -0.307. The molecule has 7 heteroatoms. The Balaban J connectivity index is 2.10. The predicted molar refractivity (Wildman–Crippen MR) is 77.2 cm³/mol. The smallest absolute Gasteiger partial charge is 0.329 e. The van der Waals surface area contributed by atoms with E-state index in [-0.39, 0.29) is 6.42 Å². The number of hydrogen-bond acceptors (Lipinski definition) is 7. The van der Waals surface area contributed by atoms with Gasteiger partial charge < -0.3 is 19.4 Å². The Morgan fingerprint density at radius 3 is 2.35 bits per heavy atom. The summed E-state index contributed by atoms with van der Waals surface area (Å²) in [5, 5.41) is 11.2. The van der Waals surface area contributed by atoms with Crippen molar-refractivity contribution < 1.29 is 29.0 Å². The van der Waals surface area contributed by atoms with Crippen molar-refractivity contribution in [2.45, 2.75) is 32.1 Å². The first kappa shape index (κ1) is 16.7. The van der Waals surface area contributed by atoms with Crippen molar-refractivity contribution in [1.82, 2.24) is 0 Å². The van der Waals surface area contributed by atoms with Gasteiger partial charge in [0.1, 0.15) is 0 Å². The Morgan fingerprint density at radius 1 is 1.26 bits per heavy atom. The molecule has 1 saturated heterocycles. The number of nitrogens with zero attached hydrogens (tertiary/aromatic N) is 1. The van der Waals surface area contributed by atoms with Crippen LogP contribution in [0.1, 0.15) is 19.4 Å². The lowest BCUT2D eigenvalue weighted by Gasteiger charge is -2.31. The van der Waals surface area contributed by atoms with Crippen LogP contribution in [0.15, 0.2) is 35.3 Å². The highest BCUT2D eigenvalue weighted by Crippen LogP contribution is 2.22. The summed E-state index contributed by atoms with van der Waals surface area (Å²) in [6.07, 6.45) is 1.03. The van der Waals surface area contributed by atoms with Gasteiger partial charge in [0, 0.05) is 26.5 Å². The molecule has 0 radical (unpaired) electrons. The number of aliphatic imine (C=N–C) groups is 1. The van der Waals surface area contributed by atoms with Gasteiger partial charge in [0.25, 0.3) is 5.79 Å². The topological polar surface area (TPSA) is 105 Å². The second-order valence-corrected chi connectivity index (χ2v) is 5.54. The first-order valence-corrected chi connectivity index (χ1v) is 7.02. The Kier molecular flexibility index (Phi) is 4.78. The molecule has 0 bridgehead atoms. The van der Waals surface area contributed by atoms with Gasteiger partial charge in [-0.1, -0.05) is 30.3 Å². The van der Waals surface area contributed by atoms with E-state index in [1.807, 2.05) is 0 Å². The molecule has 7 nitrogen and oxygen atoms in total. The molecule has 122 valence electrons. The monoisotopic (exact) mass is 318 g/mol. The Bertz CT molecular complexity index is 617. The summed E-state index contributed by atoms with van der Waals surface area (Å²) < 4.78 is 9.86. The summed E-state index contributed by atoms with van der Waals surface area (Å²) in [6.45, 7) is 2.85. The number of benzene rings is 1. The fraction of sp³-hybridized carbons (Fsp3) is 0.375. The first-order valence-electron chi connectivity index (χ1n) is 7.02. The summed E-state index contributed by atoms with van der Waals surface area (Å²) in [5.74, 6) is -5.77. The van der Waals surface area contributed by atoms with Crippen LogP contribution >= 0.6 is 0 Å². The molecule has 1 atom stereocenters. The second kappa shape index (κ2) is 6.60. The van der Waals surface area contributed by atoms with Gasteiger partial charge in [-0.05, 0) is 5.56 Å². The maximum absolute atomic E-state index is 11.8. The average molecular weight is 318 g/mol. The van der Waals surface area contributed by atoms with Crippen LogP contribution in [0, 0.1) is 5.92 Å². The van der Waals surface area contributed by atoms with Crippen molar-refractivity contribution in [3.8, 4) is 0 Å². The van der Waals surface area contributed by atoms with E-state index in [1.165, 1.54) is 13.8 Å². The molecule has 1 aromatic rings. The molecule has 23 heavy (non-hydrogen) atoms. The molecule has 1 aromatic carbocycles. The standard InChI is InChI=1S/C16H17NO6/c1-16(2)22-14(20)11(15(21)23-16)9-17-12(13(18)19)8-10-6-4-3-5-7-10/h3-7,9,11-12H,8H2,1-2H3,(H,18,19)/p-1/t12-/m0/s1. The van der Waals surface area contributed by atoms with E-state index in [1.54, 1.807) is 30.3 Å². The second-order valence-electron chi connectivity index (χ2n) is 5.54. The normalized spacial score (nSPS) is 19.2. The van der Waals surface area contributed by atoms with Gasteiger partial charge in [-0.2, -0.15) is 0 Å². The lowest BCUT2D eigenvalue weighted by atomic mass is 10.1. The minimum Gasteiger partial charge on any atom is -0.548 e. The SMILES string of the molecule is CC1(C)OC(=O)C(C=N[C@@H](Cc2ccccc2)C(=O)[O-])C(=O)O1. The fourth-order valence-corrected chi connectivity index (χ4v) is 2.07. The Hall–Kier alpha value is -2.70. The number of carboxylic acid groups (broad SMARTS) is 1. The molecule has 0 spiro atoms. The molecular formula is C16H16NO6-. The summed E-state index contributed by atoms with van der Waals surface area (Å²) in [6, 6.07) is 7.62. The lowest BCUT2D eigenvalue weighted by Crippen LogP contribution is -2.47. The van der Waals surface area contributed by atoms with Crippen molar-refractivity contribution >= 4 is 24.1 Å². The van der Waals surface area contributed by atoms with Gasteiger partial charge in [-0.3, -0.25) is 14.6 Å². The summed E-state index contributed by atoms with van der Waals surface area (Å²) in [7, 11) is 0. The van der Waals surface area contributed by atoms with Crippen molar-refractivity contribution in [3.05, 3.63) is 35.9 Å². The maximum atomic E-state index is 11.8. The van der Waals surface area contributed by atoms with Crippen molar-refractivity contribution in [1.29, 1.82) is 0 Å². The molecule has 0 N–H and O–H groups in total. The Morgan fingerprint density at radius 2 is 1.83 bits per heavy atom. The summed E-state index contributed by atoms with van der Waals surface area (Å²) in [5.41, 5.74) is 0.744. The van der Waals surface area contributed by atoms with Crippen LogP contribution in [-0.2, 0) is 30.3 Å². The molecule has 1 aliphatic heterocycles. The number of esters is 2. The molecule has 2 rings (SSSR count). The number of rotatable bonds is 5. The highest BCUT2D eigenvalue weighted by Gasteiger charge is 2.42. The zero-order valence-corrected chi connectivity index (χ0v) is 12.7. The quantitative estimate of drug-likeness (QED) is 0.425. The molecular weight excluding hydrogens is 302 g/mol. The third-order valence-corrected chi connectivity index (χ3v) is 3.16. The zero-order valence-electron chi connectivity index (χ0n) is 12.7. The van der Waals surface area contributed by atoms with E-state index in [9.17, 15) is 19.5 Å². The largest absolute Gasteiger partial charge is 0.548 e. The Labute approximate surface area is 132 Å². The highest BCUT2D eigenvalue weighted by atomic mass is 16.7. The van der Waals surface area contributed by atoms with Crippen LogP contribution in [0.4, 0.5) is 0 Å². The third kappa shape index (κ3) is 4.38. The van der Waals surface area contributed by atoms with Crippen LogP contribution in [0.5, 0.6) is 0 Å². The minimum atomic E-state index is -1.40. The van der Waals surface area contributed by atoms with E-state index in [0.29, 0.717) is 0 Å². The first-order chi connectivity index (χ1) is 10.8. The van der Waals surface area contributed by atoms with Crippen molar-refractivity contribution in [3.63, 3.8) is 0 Å². The highest BCUT2D eigenvalue weighted by molar-refractivity contribution is 6.10. The molecule has 1 fully saturated rings. The summed E-state index contributed by atoms with van der Waals surface area (Å²) in [4.78, 5) is 38.6. The van der Waals surface area contributed by atoms with E-state index in [0.717, 1.165) is 11.8 Å². The fourth-order valence-electron chi connectivity index (χ4n) is 2.07. The van der Waals surface area contributed by atoms with E-state index in [2.05, 4.69) is 4.99 Å². The summed E-state index contributed by atoms with van der Waals surface area (Å²) >= 11 is 0. The molecule has 0 amide bonds. The van der Waals surface area contributed by atoms with Gasteiger partial charge in [-0.25, -0.2) is 0 Å². The van der Waals surface area contributed by atoms with Gasteiger partial charge >= 0.3 is 11.9 Å². The number of cyclic esters (lactones) is 2. The van der Waals surface area contributed by atoms with E-state index in [4.69, 9.17) is 9.47 Å². The van der Waals surface area contributed by atoms with Gasteiger partial charge in [0.05, 0.1) is 12.0 Å². The molecule has 0 aromatic heterocycles. The molecule has 0 saturated carbocycles. The third-order valence-electron chi connectivity index (χ3n) is 3.16. The van der Waals surface area contributed by atoms with Crippen LogP contribution in [0.25, 0.3) is 0 Å². The molecule has 1 heterocycles. The molecule has 0 aliphatic carbocycles. The number of carbonyl (C=O) groups is 3. The van der Waals surface area contributed by atoms with Crippen molar-refractivity contribution in [2.24, 2.45) is 10.9 Å². The average Bonchev–Trinajstić information content (AvgIpc) is 2.44. The van der Waals surface area contributed by atoms with Crippen LogP contribution in [0.3, 0.4) is 0 Å². The van der Waals surface area contributed by atoms with Gasteiger partial charge in [0.2, 0.25) is 0 Å². The van der Waals surface area contributed by atoms with Gasteiger partial charge in [-0.15, -0.1) is 0 Å². The predicted octanol–water partition coefficient (Wildman–Crippen LogP) is -0.129. The van der Waals surface area contributed by atoms with Crippen LogP contribution < -0.4 is 5.11 Å². The van der Waals surface area contributed by atoms with Crippen LogP contribution in [-0.4, -0.2) is 36.0 Å². The van der Waals surface area contributed by atoms with Gasteiger partial charge in [0.15, 0.2) is 5.92 Å². The maximum Gasteiger partial charge on any atom is 0.329 e. The number of carbonyl (C=O) groups excluding carboxylic acids is 3. The van der Waals surface area contributed by atoms with E-state index >= 15 is 0 Å². The molecule has 0 unspecified atom stereocenters. The van der Waals surface area contributed by atoms with Crippen LogP contribution in [0.2, 0.25) is 0 Å². The zero-order chi connectivity index (χ0) is 17.0. The molecule has 1 aliphatic rings. The minimum absolute atomic E-state index is 0.0853. The number of ether oxygens (including phenoxy) is 2. The number of carboxylic acids is 1. The van der Waals surface area contributed by atoms with E-state index < -0.39 is 35.7 Å². The number of aliphatic carboxylic acids is 1.